The molecular formula is C32H31FN2O9. The van der Waals surface area contributed by atoms with E-state index in [0.29, 0.717) is 58.9 Å². The molecule has 0 spiro atoms. The molecule has 3 aromatic carbocycles. The highest BCUT2D eigenvalue weighted by Crippen LogP contribution is 2.44. The highest BCUT2D eigenvalue weighted by atomic mass is 19.1. The fourth-order valence-electron chi connectivity index (χ4n) is 4.90. The van der Waals surface area contributed by atoms with Gasteiger partial charge in [0, 0.05) is 30.3 Å². The summed E-state index contributed by atoms with van der Waals surface area (Å²) in [5, 5.41) is 0.518. The Kier molecular flexibility index (Phi) is 8.88. The van der Waals surface area contributed by atoms with E-state index in [4.69, 9.17) is 32.8 Å². The molecule has 12 heteroatoms. The Morgan fingerprint density at radius 3 is 2.20 bits per heavy atom. The number of rotatable bonds is 12. The zero-order valence-corrected chi connectivity index (χ0v) is 24.9. The normalized spacial score (nSPS) is 11.0. The van der Waals surface area contributed by atoms with Crippen molar-refractivity contribution >= 4 is 21.9 Å². The predicted octanol–water partition coefficient (Wildman–Crippen LogP) is 5.21. The van der Waals surface area contributed by atoms with Crippen molar-refractivity contribution < 1.29 is 37.2 Å². The number of unbranched alkanes of at least 4 members (excludes halogenated alkanes) is 1. The van der Waals surface area contributed by atoms with Crippen molar-refractivity contribution in [1.29, 1.82) is 0 Å². The van der Waals surface area contributed by atoms with Crippen molar-refractivity contribution in [3.05, 3.63) is 75.2 Å². The lowest BCUT2D eigenvalue weighted by Crippen LogP contribution is -2.21. The van der Waals surface area contributed by atoms with Crippen LogP contribution in [0.4, 0.5) is 4.39 Å². The van der Waals surface area contributed by atoms with E-state index in [-0.39, 0.29) is 40.4 Å². The van der Waals surface area contributed by atoms with Crippen LogP contribution < -0.4 is 39.4 Å². The van der Waals surface area contributed by atoms with Crippen molar-refractivity contribution in [1.82, 2.24) is 9.55 Å². The third kappa shape index (κ3) is 5.70. The van der Waals surface area contributed by atoms with E-state index in [1.165, 1.54) is 64.6 Å². The Morgan fingerprint density at radius 2 is 1.55 bits per heavy atom. The van der Waals surface area contributed by atoms with E-state index in [9.17, 15) is 14.0 Å². The van der Waals surface area contributed by atoms with Gasteiger partial charge < -0.3 is 32.8 Å². The quantitative estimate of drug-likeness (QED) is 0.175. The van der Waals surface area contributed by atoms with Gasteiger partial charge in [-0.05, 0) is 37.1 Å². The molecule has 0 saturated heterocycles. The summed E-state index contributed by atoms with van der Waals surface area (Å²) in [6.07, 6.45) is 2.42. The number of aryl methyl sites for hydroxylation is 1. The van der Waals surface area contributed by atoms with Crippen LogP contribution in [0.1, 0.15) is 12.8 Å². The second kappa shape index (κ2) is 12.9. The fraction of sp³-hybridized carbons (Fsp3) is 0.281. The lowest BCUT2D eigenvalue weighted by molar-refractivity contribution is 0.295. The Labute approximate surface area is 251 Å². The second-order valence-corrected chi connectivity index (χ2v) is 9.67. The van der Waals surface area contributed by atoms with E-state index in [1.807, 2.05) is 0 Å². The van der Waals surface area contributed by atoms with E-state index in [0.717, 1.165) is 0 Å². The lowest BCUT2D eigenvalue weighted by atomic mass is 10.1. The number of ether oxygens (including phenoxy) is 6. The van der Waals surface area contributed by atoms with Gasteiger partial charge in [-0.1, -0.05) is 0 Å². The summed E-state index contributed by atoms with van der Waals surface area (Å²) in [6, 6.07) is 10.4. The van der Waals surface area contributed by atoms with E-state index in [1.54, 1.807) is 24.3 Å². The predicted molar refractivity (Wildman–Crippen MR) is 161 cm³/mol. The van der Waals surface area contributed by atoms with Gasteiger partial charge in [-0.2, -0.15) is 0 Å². The lowest BCUT2D eigenvalue weighted by Gasteiger charge is -2.17. The maximum atomic E-state index is 13.9. The fourth-order valence-corrected chi connectivity index (χ4v) is 4.90. The average Bonchev–Trinajstić information content (AvgIpc) is 3.04. The van der Waals surface area contributed by atoms with Gasteiger partial charge in [-0.25, -0.2) is 9.37 Å². The number of hydrogen-bond acceptors (Lipinski definition) is 10. The molecule has 0 saturated carbocycles. The van der Waals surface area contributed by atoms with Crippen molar-refractivity contribution in [2.45, 2.75) is 19.4 Å². The minimum Gasteiger partial charge on any atom is -0.496 e. The Morgan fingerprint density at radius 1 is 0.818 bits per heavy atom. The maximum absolute atomic E-state index is 13.9. The van der Waals surface area contributed by atoms with Crippen LogP contribution in [0.25, 0.3) is 33.2 Å². The van der Waals surface area contributed by atoms with Gasteiger partial charge in [0.2, 0.25) is 16.9 Å². The molecule has 0 amide bonds. The third-order valence-corrected chi connectivity index (χ3v) is 7.10. The molecule has 44 heavy (non-hydrogen) atoms. The van der Waals surface area contributed by atoms with Crippen molar-refractivity contribution in [3.63, 3.8) is 0 Å². The van der Waals surface area contributed by atoms with E-state index < -0.39 is 11.2 Å². The first-order valence-electron chi connectivity index (χ1n) is 13.6. The summed E-state index contributed by atoms with van der Waals surface area (Å²) in [6.45, 7) is 0.481. The van der Waals surface area contributed by atoms with E-state index in [2.05, 4.69) is 4.98 Å². The highest BCUT2D eigenvalue weighted by molar-refractivity contribution is 5.89. The molecule has 11 nitrogen and oxygen atoms in total. The summed E-state index contributed by atoms with van der Waals surface area (Å²) in [5.41, 5.74) is 0.255. The van der Waals surface area contributed by atoms with Crippen LogP contribution in [0.3, 0.4) is 0 Å². The molecule has 2 heterocycles. The molecule has 230 valence electrons. The molecule has 0 fully saturated rings. The van der Waals surface area contributed by atoms with Gasteiger partial charge in [0.05, 0.1) is 59.4 Å². The molecule has 5 aromatic rings. The summed E-state index contributed by atoms with van der Waals surface area (Å²) in [7, 11) is 7.41. The molecule has 0 N–H and O–H groups in total. The molecule has 0 aliphatic carbocycles. The van der Waals surface area contributed by atoms with Gasteiger partial charge in [0.25, 0.3) is 5.56 Å². The SMILES string of the molecule is COc1cc(OC)c2c(=O)c(OCCCCn3cnc4cc(F)ccc4c3=O)c(-c3cc(OC)c(OC)c(OC)c3)oc2c1. The molecule has 0 aliphatic rings. The summed E-state index contributed by atoms with van der Waals surface area (Å²) < 4.78 is 54.7. The Hall–Kier alpha value is -5.26. The van der Waals surface area contributed by atoms with Gasteiger partial charge >= 0.3 is 0 Å². The first kappa shape index (κ1) is 30.2. The minimum absolute atomic E-state index is 0.0400. The molecule has 0 bridgehead atoms. The van der Waals surface area contributed by atoms with Gasteiger partial charge in [-0.15, -0.1) is 0 Å². The largest absolute Gasteiger partial charge is 0.496 e. The van der Waals surface area contributed by atoms with Gasteiger partial charge in [0.1, 0.15) is 28.3 Å². The summed E-state index contributed by atoms with van der Waals surface area (Å²) in [5.74, 6) is 1.42. The van der Waals surface area contributed by atoms with Crippen LogP contribution in [0.2, 0.25) is 0 Å². The van der Waals surface area contributed by atoms with Crippen LogP contribution in [0.15, 0.2) is 62.8 Å². The number of nitrogens with zero attached hydrogens (tertiary/aromatic N) is 2. The van der Waals surface area contributed by atoms with Crippen LogP contribution in [-0.4, -0.2) is 51.7 Å². The van der Waals surface area contributed by atoms with Crippen molar-refractivity contribution in [3.8, 4) is 45.8 Å². The number of fused-ring (bicyclic) bond motifs is 2. The minimum atomic E-state index is -0.458. The maximum Gasteiger partial charge on any atom is 0.261 e. The number of hydrogen-bond donors (Lipinski definition) is 0. The van der Waals surface area contributed by atoms with Crippen LogP contribution in [0, 0.1) is 5.82 Å². The second-order valence-electron chi connectivity index (χ2n) is 9.67. The average molecular weight is 607 g/mol. The number of benzene rings is 3. The van der Waals surface area contributed by atoms with Crippen molar-refractivity contribution in [2.24, 2.45) is 0 Å². The molecule has 0 radical (unpaired) electrons. The number of aromatic nitrogens is 2. The zero-order valence-electron chi connectivity index (χ0n) is 24.9. The molecular weight excluding hydrogens is 575 g/mol. The molecule has 5 rings (SSSR count). The Balaban J connectivity index is 1.48. The highest BCUT2D eigenvalue weighted by Gasteiger charge is 2.24. The molecule has 0 unspecified atom stereocenters. The molecule has 0 atom stereocenters. The standard InChI is InChI=1S/C32H31FN2O9/c1-38-20-15-23(39-2)27-24(16-20)44-29(18-12-25(40-3)30(42-5)26(13-18)41-4)31(28(27)36)43-11-7-6-10-35-17-34-22-14-19(33)8-9-21(22)32(35)37/h8-9,12-17H,6-7,10-11H2,1-5H3. The van der Waals surface area contributed by atoms with Crippen LogP contribution in [0.5, 0.6) is 34.5 Å². The smallest absolute Gasteiger partial charge is 0.261 e. The first-order chi connectivity index (χ1) is 21.3. The number of methoxy groups -OCH3 is 5. The third-order valence-electron chi connectivity index (χ3n) is 7.10. The number of halogens is 1. The molecule has 2 aromatic heterocycles. The zero-order chi connectivity index (χ0) is 31.4. The first-order valence-corrected chi connectivity index (χ1v) is 13.6. The van der Waals surface area contributed by atoms with Gasteiger partial charge in [-0.3, -0.25) is 14.2 Å². The molecule has 0 aliphatic heterocycles. The van der Waals surface area contributed by atoms with Crippen molar-refractivity contribution in [2.75, 3.05) is 42.2 Å². The van der Waals surface area contributed by atoms with Gasteiger partial charge in [0.15, 0.2) is 17.3 Å². The van der Waals surface area contributed by atoms with E-state index >= 15 is 0 Å². The van der Waals surface area contributed by atoms with Crippen LogP contribution >= 0.6 is 0 Å². The topological polar surface area (TPSA) is 120 Å². The monoisotopic (exact) mass is 606 g/mol. The Bertz CT molecular complexity index is 1930. The summed E-state index contributed by atoms with van der Waals surface area (Å²) >= 11 is 0. The van der Waals surface area contributed by atoms with Crippen LogP contribution in [-0.2, 0) is 6.54 Å². The summed E-state index contributed by atoms with van der Waals surface area (Å²) in [4.78, 5) is 30.9.